The van der Waals surface area contributed by atoms with Gasteiger partial charge in [-0.2, -0.15) is 0 Å². The second-order valence-electron chi connectivity index (χ2n) is 5.79. The zero-order valence-electron chi connectivity index (χ0n) is 16.3. The van der Waals surface area contributed by atoms with Gasteiger partial charge in [0, 0.05) is 5.97 Å². The van der Waals surface area contributed by atoms with Crippen molar-refractivity contribution < 1.29 is 15.0 Å². The molecule has 0 aliphatic heterocycles. The number of quaternary nitrogens is 2. The van der Waals surface area contributed by atoms with Crippen LogP contribution in [0.5, 0.6) is 0 Å². The molecule has 0 unspecified atom stereocenters. The van der Waals surface area contributed by atoms with Crippen LogP contribution >= 0.6 is 0 Å². The maximum atomic E-state index is 10.2. The van der Waals surface area contributed by atoms with E-state index >= 15 is 0 Å². The number of hydrogen-bond acceptors (Lipinski definition) is 3. The molecule has 0 amide bonds. The molecule has 0 bridgehead atoms. The van der Waals surface area contributed by atoms with Crippen molar-refractivity contribution in [1.29, 1.82) is 0 Å². The Balaban J connectivity index is -0.000000268. The first kappa shape index (κ1) is 30.3. The van der Waals surface area contributed by atoms with Crippen LogP contribution in [0.1, 0.15) is 104 Å². The number of rotatable bonds is 14. The minimum Gasteiger partial charge on any atom is -0.854 e. The first-order valence-corrected chi connectivity index (χ1v) is 8.90. The molecule has 0 heterocycles. The molecule has 5 heteroatoms. The molecule has 0 radical (unpaired) electrons. The monoisotopic (exact) mass is 336 g/mol. The third-order valence-corrected chi connectivity index (χ3v) is 3.50. The number of carbonyl (C=O) groups is 1. The third-order valence-electron chi connectivity index (χ3n) is 3.50. The first-order valence-electron chi connectivity index (χ1n) is 8.90. The van der Waals surface area contributed by atoms with Crippen LogP contribution in [-0.4, -0.2) is 12.6 Å². The van der Waals surface area contributed by atoms with Crippen molar-refractivity contribution in [3.8, 4) is 0 Å². The fraction of sp³-hybridized carbons (Fsp3) is 0.944. The lowest BCUT2D eigenvalue weighted by atomic mass is 10.0. The largest absolute Gasteiger partial charge is 0.854 e. The summed E-state index contributed by atoms with van der Waals surface area (Å²) in [5.41, 5.74) is 0. The molecule has 8 N–H and O–H groups in total. The molecule has 0 aromatic carbocycles. The van der Waals surface area contributed by atoms with Gasteiger partial charge < -0.3 is 27.3 Å². The van der Waals surface area contributed by atoms with Crippen LogP contribution in [-0.2, 0) is 4.79 Å². The Hall–Kier alpha value is -0.650. The van der Waals surface area contributed by atoms with E-state index in [2.05, 4.69) is 6.92 Å². The maximum absolute atomic E-state index is 10.2. The van der Waals surface area contributed by atoms with E-state index in [-0.39, 0.29) is 18.9 Å². The number of unbranched alkanes of at least 4 members (excludes halogenated alkanes) is 13. The minimum atomic E-state index is -1.08. The van der Waals surface area contributed by atoms with Gasteiger partial charge in [0.25, 0.3) is 0 Å². The van der Waals surface area contributed by atoms with Gasteiger partial charge in [-0.1, -0.05) is 96.8 Å². The maximum Gasteiger partial charge on any atom is 0.0383 e. The summed E-state index contributed by atoms with van der Waals surface area (Å²) in [6.45, 7) is 3.37. The highest BCUT2D eigenvalue weighted by Gasteiger charge is 1.92. The molecular weight excluding hydrogens is 292 g/mol. The van der Waals surface area contributed by atoms with Crippen molar-refractivity contribution in [2.75, 3.05) is 6.61 Å². The molecule has 0 aromatic rings. The third kappa shape index (κ3) is 44.9. The normalized spacial score (nSPS) is 9.17. The van der Waals surface area contributed by atoms with E-state index in [4.69, 9.17) is 9.90 Å². The summed E-state index contributed by atoms with van der Waals surface area (Å²) in [7, 11) is 0. The first-order chi connectivity index (χ1) is 10.1. The zero-order chi connectivity index (χ0) is 16.2. The molecule has 0 atom stereocenters. The number of hydrogen-bond donors (Lipinski definition) is 2. The molecule has 0 spiro atoms. The van der Waals surface area contributed by atoms with Gasteiger partial charge in [0.1, 0.15) is 0 Å². The minimum absolute atomic E-state index is 0. The van der Waals surface area contributed by atoms with Crippen LogP contribution in [0.25, 0.3) is 0 Å². The Kier molecular flexibility index (Phi) is 38.6. The van der Waals surface area contributed by atoms with E-state index in [0.29, 0.717) is 0 Å². The van der Waals surface area contributed by atoms with E-state index in [9.17, 15) is 5.11 Å². The van der Waals surface area contributed by atoms with Gasteiger partial charge in [-0.25, -0.2) is 0 Å². The average molecular weight is 337 g/mol. The quantitative estimate of drug-likeness (QED) is 0.456. The highest BCUT2D eigenvalue weighted by Crippen LogP contribution is 2.12. The van der Waals surface area contributed by atoms with Crippen LogP contribution in [0.2, 0.25) is 0 Å². The summed E-state index contributed by atoms with van der Waals surface area (Å²) >= 11 is 0. The zero-order valence-corrected chi connectivity index (χ0v) is 16.3. The number of carboxylic acid groups (broad SMARTS) is 1. The Labute approximate surface area is 144 Å². The summed E-state index contributed by atoms with van der Waals surface area (Å²) in [5.74, 6) is -1.08. The van der Waals surface area contributed by atoms with E-state index < -0.39 is 5.97 Å². The lowest BCUT2D eigenvalue weighted by Gasteiger charge is -2.04. The van der Waals surface area contributed by atoms with Gasteiger partial charge in [-0.3, -0.25) is 0 Å². The summed E-state index contributed by atoms with van der Waals surface area (Å²) in [6.07, 6.45) is 18.9. The predicted molar refractivity (Wildman–Crippen MR) is 97.8 cm³/mol. The van der Waals surface area contributed by atoms with Gasteiger partial charge in [-0.15, -0.1) is 6.61 Å². The van der Waals surface area contributed by atoms with Gasteiger partial charge in [0.2, 0.25) is 0 Å². The predicted octanol–water partition coefficient (Wildman–Crippen LogP) is 4.34. The van der Waals surface area contributed by atoms with Gasteiger partial charge in [0.05, 0.1) is 0 Å². The molecule has 0 aromatic heterocycles. The van der Waals surface area contributed by atoms with Crippen LogP contribution < -0.4 is 22.5 Å². The van der Waals surface area contributed by atoms with Crippen LogP contribution in [0.15, 0.2) is 0 Å². The van der Waals surface area contributed by atoms with Crippen molar-refractivity contribution in [2.24, 2.45) is 0 Å². The van der Waals surface area contributed by atoms with E-state index in [1.54, 1.807) is 0 Å². The van der Waals surface area contributed by atoms with Crippen molar-refractivity contribution in [3.63, 3.8) is 0 Å². The molecule has 0 saturated carbocycles. The summed E-state index contributed by atoms with van der Waals surface area (Å²) in [5, 5.41) is 19.1. The van der Waals surface area contributed by atoms with Crippen molar-refractivity contribution in [2.45, 2.75) is 104 Å². The molecule has 5 nitrogen and oxygen atoms in total. The summed E-state index contributed by atoms with van der Waals surface area (Å²) in [4.78, 5) is 8.89. The highest BCUT2D eigenvalue weighted by molar-refractivity contribution is 5.60. The molecular formula is C18H44N2O3. The Morgan fingerprint density at radius 3 is 1.09 bits per heavy atom. The Bertz CT molecular complexity index is 185. The second-order valence-corrected chi connectivity index (χ2v) is 5.79. The SMILES string of the molecule is CC(=O)[O-].CCCCCCCCCCCCCCCC[O-].[NH4+].[NH4+]. The van der Waals surface area contributed by atoms with Crippen molar-refractivity contribution in [3.05, 3.63) is 0 Å². The van der Waals surface area contributed by atoms with E-state index in [0.717, 1.165) is 19.8 Å². The highest BCUT2D eigenvalue weighted by atomic mass is 16.4. The summed E-state index contributed by atoms with van der Waals surface area (Å²) < 4.78 is 0. The average Bonchev–Trinajstić information content (AvgIpc) is 2.43. The van der Waals surface area contributed by atoms with Crippen LogP contribution in [0, 0.1) is 0 Å². The lowest BCUT2D eigenvalue weighted by molar-refractivity contribution is -0.368. The Morgan fingerprint density at radius 1 is 0.652 bits per heavy atom. The van der Waals surface area contributed by atoms with Crippen molar-refractivity contribution >= 4 is 5.97 Å². The number of carboxylic acids is 1. The van der Waals surface area contributed by atoms with Crippen molar-refractivity contribution in [1.82, 2.24) is 12.3 Å². The standard InChI is InChI=1S/C16H33O.C2H4O2.2H3N/c1-2-3-4-5-6-7-8-9-10-11-12-13-14-15-16-17;1-2(3)4;;/h2-16H2,1H3;1H3,(H,3,4);2*1H3/q-1;;;/p+1. The summed E-state index contributed by atoms with van der Waals surface area (Å²) in [6, 6.07) is 0. The molecule has 23 heavy (non-hydrogen) atoms. The molecule has 0 saturated heterocycles. The lowest BCUT2D eigenvalue weighted by Crippen LogP contribution is -2.16. The molecule has 0 aliphatic rings. The number of aliphatic carboxylic acids is 1. The fourth-order valence-corrected chi connectivity index (χ4v) is 2.30. The molecule has 144 valence electrons. The van der Waals surface area contributed by atoms with E-state index in [1.165, 1.54) is 77.0 Å². The van der Waals surface area contributed by atoms with Gasteiger partial charge >= 0.3 is 0 Å². The van der Waals surface area contributed by atoms with Gasteiger partial charge in [0.15, 0.2) is 0 Å². The molecule has 0 fully saturated rings. The van der Waals surface area contributed by atoms with Crippen LogP contribution in [0.3, 0.4) is 0 Å². The van der Waals surface area contributed by atoms with Gasteiger partial charge in [-0.05, 0) is 6.92 Å². The topological polar surface area (TPSA) is 136 Å². The van der Waals surface area contributed by atoms with E-state index in [1.807, 2.05) is 0 Å². The molecule has 0 rings (SSSR count). The number of carbonyl (C=O) groups excluding carboxylic acids is 1. The fourth-order valence-electron chi connectivity index (χ4n) is 2.30. The smallest absolute Gasteiger partial charge is 0.0383 e. The molecule has 0 aliphatic carbocycles. The second kappa shape index (κ2) is 29.4. The van der Waals surface area contributed by atoms with Crippen LogP contribution in [0.4, 0.5) is 0 Å². The Morgan fingerprint density at radius 2 is 0.870 bits per heavy atom.